The standard InChI is InChI=1S/C19H17FN6O2/c1-10-5-8-25(2)13-3-6-21-12-9-11(20)18(23-15(12)13)26-16-14(28-10)4-7-22-17(16)24-19(26)27/h3-4,6-7,9-10H,5,8H2,1-2H3,(H,22,24,27)/t10-/m0/s1. The Labute approximate surface area is 158 Å². The van der Waals surface area contributed by atoms with Crippen LogP contribution < -0.4 is 15.3 Å². The van der Waals surface area contributed by atoms with E-state index < -0.39 is 11.5 Å². The van der Waals surface area contributed by atoms with E-state index in [4.69, 9.17) is 4.74 Å². The summed E-state index contributed by atoms with van der Waals surface area (Å²) >= 11 is 0. The third kappa shape index (κ3) is 2.43. The Balaban J connectivity index is 1.93. The molecule has 9 heteroatoms. The van der Waals surface area contributed by atoms with E-state index in [0.29, 0.717) is 34.5 Å². The van der Waals surface area contributed by atoms with Crippen molar-refractivity contribution in [2.45, 2.75) is 19.4 Å². The van der Waals surface area contributed by atoms with Gasteiger partial charge in [0.15, 0.2) is 17.3 Å². The summed E-state index contributed by atoms with van der Waals surface area (Å²) in [6.45, 7) is 2.67. The van der Waals surface area contributed by atoms with Crippen LogP contribution in [0, 0.1) is 5.82 Å². The summed E-state index contributed by atoms with van der Waals surface area (Å²) < 4.78 is 22.2. The lowest BCUT2D eigenvalue weighted by Gasteiger charge is -2.24. The normalized spacial score (nSPS) is 16.8. The van der Waals surface area contributed by atoms with Crippen molar-refractivity contribution in [3.05, 3.63) is 46.9 Å². The van der Waals surface area contributed by atoms with Crippen molar-refractivity contribution >= 4 is 27.9 Å². The zero-order valence-electron chi connectivity index (χ0n) is 15.3. The minimum absolute atomic E-state index is 0.113. The average molecular weight is 380 g/mol. The molecule has 4 aromatic rings. The van der Waals surface area contributed by atoms with Crippen LogP contribution in [0.4, 0.5) is 10.1 Å². The van der Waals surface area contributed by atoms with Gasteiger partial charge in [0.1, 0.15) is 16.8 Å². The molecule has 1 aliphatic rings. The molecule has 0 aromatic carbocycles. The van der Waals surface area contributed by atoms with Crippen LogP contribution in [0.2, 0.25) is 0 Å². The highest BCUT2D eigenvalue weighted by Gasteiger charge is 2.22. The molecule has 0 aliphatic carbocycles. The monoisotopic (exact) mass is 380 g/mol. The first-order chi connectivity index (χ1) is 13.5. The summed E-state index contributed by atoms with van der Waals surface area (Å²) in [5.74, 6) is -0.313. The number of H-pyrrole nitrogens is 1. The highest BCUT2D eigenvalue weighted by Crippen LogP contribution is 2.30. The number of aromatic nitrogens is 5. The van der Waals surface area contributed by atoms with Gasteiger partial charge in [0.25, 0.3) is 0 Å². The molecule has 4 aromatic heterocycles. The van der Waals surface area contributed by atoms with Crippen molar-refractivity contribution in [1.29, 1.82) is 0 Å². The smallest absolute Gasteiger partial charge is 0.333 e. The number of hydrogen-bond donors (Lipinski definition) is 1. The summed E-state index contributed by atoms with van der Waals surface area (Å²) in [4.78, 5) is 30.3. The molecule has 1 N–H and O–H groups in total. The minimum Gasteiger partial charge on any atom is -0.488 e. The molecular formula is C19H17FN6O2. The molecule has 0 unspecified atom stereocenters. The Morgan fingerprint density at radius 1 is 1.29 bits per heavy atom. The molecule has 0 spiro atoms. The Kier molecular flexibility index (Phi) is 3.58. The third-order valence-corrected chi connectivity index (χ3v) is 4.99. The molecule has 5 rings (SSSR count). The van der Waals surface area contributed by atoms with Gasteiger partial charge >= 0.3 is 5.69 Å². The zero-order chi connectivity index (χ0) is 19.4. The van der Waals surface area contributed by atoms with Gasteiger partial charge in [-0.25, -0.2) is 23.7 Å². The molecule has 1 aliphatic heterocycles. The van der Waals surface area contributed by atoms with Crippen LogP contribution in [0.15, 0.2) is 35.4 Å². The van der Waals surface area contributed by atoms with E-state index in [9.17, 15) is 9.18 Å². The SMILES string of the molecule is C[C@H]1CCN(C)c2ccnc3cc(F)c(nc23)-n2c(=O)[nH]c3nccc(c32)O1. The van der Waals surface area contributed by atoms with E-state index in [0.717, 1.165) is 12.1 Å². The highest BCUT2D eigenvalue weighted by atomic mass is 19.1. The number of fused-ring (bicyclic) bond motifs is 2. The maximum absolute atomic E-state index is 15.0. The van der Waals surface area contributed by atoms with E-state index in [1.807, 2.05) is 24.9 Å². The lowest BCUT2D eigenvalue weighted by atomic mass is 10.2. The molecule has 8 nitrogen and oxygen atoms in total. The number of imidazole rings is 1. The van der Waals surface area contributed by atoms with Crippen LogP contribution in [0.3, 0.4) is 0 Å². The van der Waals surface area contributed by atoms with Gasteiger partial charge in [0.2, 0.25) is 0 Å². The van der Waals surface area contributed by atoms with Crippen LogP contribution in [-0.2, 0) is 0 Å². The fourth-order valence-electron chi connectivity index (χ4n) is 3.56. The van der Waals surface area contributed by atoms with E-state index >= 15 is 0 Å². The molecule has 1 atom stereocenters. The first kappa shape index (κ1) is 16.7. The van der Waals surface area contributed by atoms with Crippen LogP contribution in [0.5, 0.6) is 5.75 Å². The van der Waals surface area contributed by atoms with Gasteiger partial charge in [-0.1, -0.05) is 0 Å². The molecule has 0 radical (unpaired) electrons. The molecule has 0 fully saturated rings. The maximum atomic E-state index is 15.0. The number of aromatic amines is 1. The largest absolute Gasteiger partial charge is 0.488 e. The van der Waals surface area contributed by atoms with Gasteiger partial charge in [-0.2, -0.15) is 0 Å². The summed E-state index contributed by atoms with van der Waals surface area (Å²) in [7, 11) is 1.94. The fourth-order valence-corrected chi connectivity index (χ4v) is 3.56. The number of ether oxygens (including phenoxy) is 1. The topological polar surface area (TPSA) is 88.9 Å². The lowest BCUT2D eigenvalue weighted by molar-refractivity contribution is 0.215. The van der Waals surface area contributed by atoms with Crippen molar-refractivity contribution in [3.63, 3.8) is 0 Å². The first-order valence-electron chi connectivity index (χ1n) is 8.96. The van der Waals surface area contributed by atoms with Crippen molar-refractivity contribution in [3.8, 4) is 11.6 Å². The highest BCUT2D eigenvalue weighted by molar-refractivity contribution is 5.89. The fraction of sp³-hybridized carbons (Fsp3) is 0.263. The predicted molar refractivity (Wildman–Crippen MR) is 103 cm³/mol. The number of nitrogens with one attached hydrogen (secondary N) is 1. The molecule has 0 saturated carbocycles. The van der Waals surface area contributed by atoms with Crippen molar-refractivity contribution in [1.82, 2.24) is 24.5 Å². The molecular weight excluding hydrogens is 363 g/mol. The Morgan fingerprint density at radius 3 is 2.96 bits per heavy atom. The molecule has 142 valence electrons. The number of pyridine rings is 3. The molecule has 28 heavy (non-hydrogen) atoms. The molecule has 5 heterocycles. The minimum atomic E-state index is -0.650. The van der Waals surface area contributed by atoms with Gasteiger partial charge in [0, 0.05) is 44.5 Å². The maximum Gasteiger partial charge on any atom is 0.333 e. The van der Waals surface area contributed by atoms with Crippen molar-refractivity contribution in [2.24, 2.45) is 0 Å². The Morgan fingerprint density at radius 2 is 2.11 bits per heavy atom. The van der Waals surface area contributed by atoms with Gasteiger partial charge in [-0.15, -0.1) is 0 Å². The van der Waals surface area contributed by atoms with Gasteiger partial charge < -0.3 is 9.64 Å². The zero-order valence-corrected chi connectivity index (χ0v) is 15.3. The quantitative estimate of drug-likeness (QED) is 0.504. The van der Waals surface area contributed by atoms with Gasteiger partial charge in [-0.3, -0.25) is 9.97 Å². The number of nitrogens with zero attached hydrogens (tertiary/aromatic N) is 5. The van der Waals surface area contributed by atoms with Crippen LogP contribution in [0.1, 0.15) is 13.3 Å². The second-order valence-electron chi connectivity index (χ2n) is 6.90. The molecule has 0 amide bonds. The van der Waals surface area contributed by atoms with Crippen LogP contribution in [0.25, 0.3) is 28.0 Å². The van der Waals surface area contributed by atoms with Crippen LogP contribution >= 0.6 is 0 Å². The molecule has 0 saturated heterocycles. The third-order valence-electron chi connectivity index (χ3n) is 4.99. The molecule has 2 bridgehead atoms. The predicted octanol–water partition coefficient (Wildman–Crippen LogP) is 2.40. The van der Waals surface area contributed by atoms with E-state index in [1.54, 1.807) is 18.5 Å². The summed E-state index contributed by atoms with van der Waals surface area (Å²) in [5.41, 5.74) is 1.92. The summed E-state index contributed by atoms with van der Waals surface area (Å²) in [5, 5.41) is 0. The summed E-state index contributed by atoms with van der Waals surface area (Å²) in [6, 6.07) is 4.80. The van der Waals surface area contributed by atoms with Crippen molar-refractivity contribution < 1.29 is 9.13 Å². The van der Waals surface area contributed by atoms with Gasteiger partial charge in [-0.05, 0) is 13.0 Å². The second-order valence-corrected chi connectivity index (χ2v) is 6.90. The second kappa shape index (κ2) is 6.01. The Bertz CT molecular complexity index is 1280. The van der Waals surface area contributed by atoms with E-state index in [-0.39, 0.29) is 11.9 Å². The van der Waals surface area contributed by atoms with Gasteiger partial charge in [0.05, 0.1) is 17.3 Å². The van der Waals surface area contributed by atoms with Crippen LogP contribution in [-0.4, -0.2) is 44.2 Å². The average Bonchev–Trinajstić information content (AvgIpc) is 3.01. The van der Waals surface area contributed by atoms with E-state index in [2.05, 4.69) is 19.9 Å². The summed E-state index contributed by atoms with van der Waals surface area (Å²) in [6.07, 6.45) is 3.79. The number of hydrogen-bond acceptors (Lipinski definition) is 6. The number of anilines is 1. The number of halogens is 1. The number of rotatable bonds is 0. The van der Waals surface area contributed by atoms with Crippen molar-refractivity contribution in [2.75, 3.05) is 18.5 Å². The van der Waals surface area contributed by atoms with E-state index in [1.165, 1.54) is 10.6 Å². The lowest BCUT2D eigenvalue weighted by Crippen LogP contribution is -2.26. The Hall–Kier alpha value is -3.49. The first-order valence-corrected chi connectivity index (χ1v) is 8.96.